The van der Waals surface area contributed by atoms with E-state index in [1.807, 2.05) is 26.0 Å². The summed E-state index contributed by atoms with van der Waals surface area (Å²) in [5, 5.41) is 2.95. The van der Waals surface area contributed by atoms with Crippen molar-refractivity contribution in [2.24, 2.45) is 0 Å². The molecule has 2 heterocycles. The molecule has 1 aromatic heterocycles. The Balaban J connectivity index is 1.63. The normalized spacial score (nSPS) is 16.0. The first-order chi connectivity index (χ1) is 13.3. The van der Waals surface area contributed by atoms with E-state index in [-0.39, 0.29) is 18.0 Å². The molecule has 28 heavy (non-hydrogen) atoms. The lowest BCUT2D eigenvalue weighted by atomic mass is 10.1. The zero-order chi connectivity index (χ0) is 20.3. The maximum Gasteiger partial charge on any atom is 0.321 e. The van der Waals surface area contributed by atoms with Crippen molar-refractivity contribution in [2.75, 3.05) is 32.5 Å². The molecular formula is C21H26N4O3. The van der Waals surface area contributed by atoms with Crippen LogP contribution in [-0.2, 0) is 0 Å². The maximum atomic E-state index is 12.6. The molecule has 148 valence electrons. The molecular weight excluding hydrogens is 356 g/mol. The number of carbonyl (C=O) groups excluding carboxylic acids is 2. The molecule has 3 rings (SSSR count). The number of aromatic nitrogens is 1. The number of anilines is 1. The van der Waals surface area contributed by atoms with Gasteiger partial charge in [-0.15, -0.1) is 0 Å². The van der Waals surface area contributed by atoms with Crippen molar-refractivity contribution >= 4 is 17.6 Å². The zero-order valence-corrected chi connectivity index (χ0v) is 16.7. The van der Waals surface area contributed by atoms with Gasteiger partial charge in [0.15, 0.2) is 0 Å². The Hall–Kier alpha value is -3.09. The van der Waals surface area contributed by atoms with E-state index in [1.54, 1.807) is 37.3 Å². The van der Waals surface area contributed by atoms with Gasteiger partial charge in [0.2, 0.25) is 5.88 Å². The number of hydrogen-bond acceptors (Lipinski definition) is 4. The minimum Gasteiger partial charge on any atom is -0.472 e. The third-order valence-corrected chi connectivity index (χ3v) is 4.59. The van der Waals surface area contributed by atoms with E-state index in [0.29, 0.717) is 31.0 Å². The van der Waals surface area contributed by atoms with Gasteiger partial charge in [0.05, 0.1) is 6.54 Å². The van der Waals surface area contributed by atoms with Crippen molar-refractivity contribution in [2.45, 2.75) is 26.4 Å². The first-order valence-electron chi connectivity index (χ1n) is 9.31. The fraction of sp³-hybridized carbons (Fsp3) is 0.381. The maximum absolute atomic E-state index is 12.6. The van der Waals surface area contributed by atoms with Crippen molar-refractivity contribution < 1.29 is 14.3 Å². The van der Waals surface area contributed by atoms with E-state index in [2.05, 4.69) is 16.4 Å². The predicted octanol–water partition coefficient (Wildman–Crippen LogP) is 3.09. The molecule has 1 N–H and O–H groups in total. The molecule has 1 aliphatic heterocycles. The molecule has 0 saturated carbocycles. The molecule has 0 bridgehead atoms. The molecule has 1 atom stereocenters. The molecule has 0 aliphatic carbocycles. The summed E-state index contributed by atoms with van der Waals surface area (Å²) in [7, 11) is 3.38. The van der Waals surface area contributed by atoms with Crippen LogP contribution in [0.3, 0.4) is 0 Å². The Morgan fingerprint density at radius 2 is 1.93 bits per heavy atom. The summed E-state index contributed by atoms with van der Waals surface area (Å²) >= 11 is 0. The molecule has 7 nitrogen and oxygen atoms in total. The fourth-order valence-corrected chi connectivity index (χ4v) is 3.30. The average molecular weight is 382 g/mol. The molecule has 7 heteroatoms. The number of ether oxygens (including phenoxy) is 1. The quantitative estimate of drug-likeness (QED) is 0.882. The Labute approximate surface area is 165 Å². The van der Waals surface area contributed by atoms with E-state index in [0.717, 1.165) is 16.8 Å². The number of nitrogens with one attached hydrogen (secondary N) is 1. The van der Waals surface area contributed by atoms with Crippen molar-refractivity contribution in [1.29, 1.82) is 0 Å². The lowest BCUT2D eigenvalue weighted by molar-refractivity contribution is 0.0818. The van der Waals surface area contributed by atoms with Gasteiger partial charge in [0, 0.05) is 38.9 Å². The van der Waals surface area contributed by atoms with E-state index in [4.69, 9.17) is 4.74 Å². The summed E-state index contributed by atoms with van der Waals surface area (Å²) in [6.07, 6.45) is 2.09. The van der Waals surface area contributed by atoms with Crippen molar-refractivity contribution in [1.82, 2.24) is 14.8 Å². The second-order valence-corrected chi connectivity index (χ2v) is 7.34. The minimum atomic E-state index is -0.200. The van der Waals surface area contributed by atoms with Crippen molar-refractivity contribution in [3.05, 3.63) is 53.2 Å². The highest BCUT2D eigenvalue weighted by atomic mass is 16.5. The van der Waals surface area contributed by atoms with Crippen LogP contribution in [0.2, 0.25) is 0 Å². The van der Waals surface area contributed by atoms with Crippen LogP contribution < -0.4 is 10.1 Å². The van der Waals surface area contributed by atoms with Crippen LogP contribution in [0.1, 0.15) is 27.9 Å². The summed E-state index contributed by atoms with van der Waals surface area (Å²) in [5.41, 5.74) is 3.42. The SMILES string of the molecule is Cc1cc(C)cc(NC(=O)N2CCC(Oc3ncccc3C(=O)N(C)C)C2)c1. The number of pyridine rings is 1. The second-order valence-electron chi connectivity index (χ2n) is 7.34. The van der Waals surface area contributed by atoms with E-state index in [1.165, 1.54) is 4.90 Å². The van der Waals surface area contributed by atoms with Gasteiger partial charge in [0.1, 0.15) is 11.7 Å². The average Bonchev–Trinajstić information content (AvgIpc) is 3.09. The van der Waals surface area contributed by atoms with E-state index >= 15 is 0 Å². The summed E-state index contributed by atoms with van der Waals surface area (Å²) in [6.45, 7) is 5.04. The third-order valence-electron chi connectivity index (χ3n) is 4.59. The van der Waals surface area contributed by atoms with E-state index in [9.17, 15) is 9.59 Å². The van der Waals surface area contributed by atoms with E-state index < -0.39 is 0 Å². The molecule has 1 aliphatic rings. The monoisotopic (exact) mass is 382 g/mol. The van der Waals surface area contributed by atoms with Crippen molar-refractivity contribution in [3.63, 3.8) is 0 Å². The van der Waals surface area contributed by atoms with Crippen LogP contribution in [0, 0.1) is 13.8 Å². The van der Waals surface area contributed by atoms with Gasteiger partial charge in [-0.3, -0.25) is 4.79 Å². The lowest BCUT2D eigenvalue weighted by Crippen LogP contribution is -2.34. The molecule has 1 aromatic carbocycles. The molecule has 1 unspecified atom stereocenters. The summed E-state index contributed by atoms with van der Waals surface area (Å²) in [4.78, 5) is 32.3. The van der Waals surface area contributed by atoms with Crippen LogP contribution in [0.15, 0.2) is 36.5 Å². The Bertz CT molecular complexity index is 861. The summed E-state index contributed by atoms with van der Waals surface area (Å²) in [6, 6.07) is 9.21. The molecule has 2 aromatic rings. The Morgan fingerprint density at radius 3 is 2.61 bits per heavy atom. The second kappa shape index (κ2) is 8.29. The standard InChI is InChI=1S/C21H26N4O3/c1-14-10-15(2)12-16(11-14)23-21(27)25-9-7-17(13-25)28-19-18(6-5-8-22-19)20(26)24(3)4/h5-6,8,10-12,17H,7,9,13H2,1-4H3,(H,23,27). The highest BCUT2D eigenvalue weighted by Gasteiger charge is 2.29. The van der Waals surface area contributed by atoms with Gasteiger partial charge in [-0.25, -0.2) is 9.78 Å². The van der Waals surface area contributed by atoms with Gasteiger partial charge in [-0.1, -0.05) is 6.07 Å². The topological polar surface area (TPSA) is 74.8 Å². The number of hydrogen-bond donors (Lipinski definition) is 1. The molecule has 0 spiro atoms. The number of rotatable bonds is 4. The number of likely N-dealkylation sites (tertiary alicyclic amines) is 1. The number of urea groups is 1. The number of benzene rings is 1. The number of amides is 3. The first-order valence-corrected chi connectivity index (χ1v) is 9.31. The molecule has 0 radical (unpaired) electrons. The summed E-state index contributed by atoms with van der Waals surface area (Å²) < 4.78 is 5.97. The number of nitrogens with zero attached hydrogens (tertiary/aromatic N) is 3. The van der Waals surface area contributed by atoms with Crippen LogP contribution >= 0.6 is 0 Å². The molecule has 1 fully saturated rings. The highest BCUT2D eigenvalue weighted by molar-refractivity contribution is 5.96. The molecule has 1 saturated heterocycles. The first kappa shape index (κ1) is 19.7. The smallest absolute Gasteiger partial charge is 0.321 e. The van der Waals surface area contributed by atoms with Gasteiger partial charge in [-0.05, 0) is 49.2 Å². The van der Waals surface area contributed by atoms with Crippen LogP contribution in [0.4, 0.5) is 10.5 Å². The fourth-order valence-electron chi connectivity index (χ4n) is 3.30. The Morgan fingerprint density at radius 1 is 1.21 bits per heavy atom. The summed E-state index contributed by atoms with van der Waals surface area (Å²) in [5.74, 6) is 0.147. The minimum absolute atomic E-state index is 0.151. The van der Waals surface area contributed by atoms with Crippen LogP contribution in [0.25, 0.3) is 0 Å². The van der Waals surface area contributed by atoms with Gasteiger partial charge in [-0.2, -0.15) is 0 Å². The van der Waals surface area contributed by atoms with Crippen LogP contribution in [0.5, 0.6) is 5.88 Å². The van der Waals surface area contributed by atoms with Gasteiger partial charge >= 0.3 is 6.03 Å². The van der Waals surface area contributed by atoms with Crippen molar-refractivity contribution in [3.8, 4) is 5.88 Å². The van der Waals surface area contributed by atoms with Crippen LogP contribution in [-0.4, -0.2) is 60.0 Å². The largest absolute Gasteiger partial charge is 0.472 e. The Kier molecular flexibility index (Phi) is 5.82. The lowest BCUT2D eigenvalue weighted by Gasteiger charge is -2.19. The zero-order valence-electron chi connectivity index (χ0n) is 16.7. The van der Waals surface area contributed by atoms with Gasteiger partial charge < -0.3 is 19.9 Å². The number of carbonyl (C=O) groups is 2. The predicted molar refractivity (Wildman–Crippen MR) is 108 cm³/mol. The number of aryl methyl sites for hydroxylation is 2. The molecule has 3 amide bonds. The third kappa shape index (κ3) is 4.60. The van der Waals surface area contributed by atoms with Gasteiger partial charge in [0.25, 0.3) is 5.91 Å². The highest BCUT2D eigenvalue weighted by Crippen LogP contribution is 2.22.